The third kappa shape index (κ3) is 25.1. The average Bonchev–Trinajstić information content (AvgIpc) is 4.08. The van der Waals surface area contributed by atoms with Gasteiger partial charge in [0.15, 0.2) is 5.82 Å². The summed E-state index contributed by atoms with van der Waals surface area (Å²) in [5.74, 6) is 4.57. The largest absolute Gasteiger partial charge is 0.465 e. The van der Waals surface area contributed by atoms with Crippen LogP contribution in [0.1, 0.15) is 318 Å². The molecule has 0 amide bonds. The van der Waals surface area contributed by atoms with Gasteiger partial charge in [-0.15, -0.1) is 0 Å². The Morgan fingerprint density at radius 1 is 0.312 bits per heavy atom. The maximum absolute atomic E-state index is 5.81. The Bertz CT molecular complexity index is 2230. The van der Waals surface area contributed by atoms with E-state index in [4.69, 9.17) is 13.5 Å². The number of hydrogen-bond acceptors (Lipinski definition) is 9. The molecule has 0 bridgehead atoms. The van der Waals surface area contributed by atoms with Crippen molar-refractivity contribution in [1.82, 2.24) is 35.5 Å². The van der Waals surface area contributed by atoms with Crippen molar-refractivity contribution in [3.8, 4) is 0 Å². The average molecular weight is 1110 g/mol. The van der Waals surface area contributed by atoms with E-state index in [1.165, 1.54) is 16.8 Å². The fourth-order valence-electron chi connectivity index (χ4n) is 6.61. The molecule has 0 aromatic carbocycles. The van der Waals surface area contributed by atoms with E-state index in [1.807, 2.05) is 12.4 Å². The third-order valence-electron chi connectivity index (χ3n) is 12.8. The molecule has 1 N–H and O–H groups in total. The summed E-state index contributed by atoms with van der Waals surface area (Å²) in [4.78, 5) is 13.4. The molecule has 0 aliphatic rings. The summed E-state index contributed by atoms with van der Waals surface area (Å²) in [6.07, 6.45) is 4.00. The zero-order valence-electron chi connectivity index (χ0n) is 58.2. The van der Waals surface area contributed by atoms with Crippen LogP contribution in [0.3, 0.4) is 0 Å². The first-order valence-electron chi connectivity index (χ1n) is 29.2. The van der Waals surface area contributed by atoms with Crippen LogP contribution in [-0.4, -0.2) is 35.5 Å². The third-order valence-corrected chi connectivity index (χ3v) is 12.8. The van der Waals surface area contributed by atoms with Crippen LogP contribution in [0.25, 0.3) is 0 Å². The Labute approximate surface area is 490 Å². The molecule has 0 saturated heterocycles. The highest BCUT2D eigenvalue weighted by molar-refractivity contribution is 5.26. The van der Waals surface area contributed by atoms with Crippen LogP contribution in [0.2, 0.25) is 0 Å². The van der Waals surface area contributed by atoms with E-state index in [0.29, 0.717) is 5.89 Å². The SMILES string of the molecule is CC(C)(C)c1cc(C(C)(C)C)[nH]n1.CC(C)(C)c1cc(C(C)(C)C)on1.CC(C)(C)c1ccc(C(C)(C)C)nc1.CC(C)(C)c1ccc(C(C)(C)C)nc1.CC(C)(C)c1ccc(C(C)(C)C)o1.CC(C)(C)c1noc(C(C)(C)C)n1. The monoisotopic (exact) mass is 1110 g/mol. The number of aromatic amines is 1. The Hall–Kier alpha value is -4.86. The van der Waals surface area contributed by atoms with E-state index in [2.05, 4.69) is 333 Å². The second kappa shape index (κ2) is 26.2. The van der Waals surface area contributed by atoms with Crippen molar-refractivity contribution in [2.24, 2.45) is 0 Å². The van der Waals surface area contributed by atoms with Crippen LogP contribution in [-0.2, 0) is 65.0 Å². The van der Waals surface area contributed by atoms with E-state index in [0.717, 1.165) is 45.9 Å². The Kier molecular flexibility index (Phi) is 23.9. The summed E-state index contributed by atoms with van der Waals surface area (Å²) in [6, 6.07) is 17.0. The Morgan fingerprint density at radius 3 is 0.875 bits per heavy atom. The lowest BCUT2D eigenvalue weighted by atomic mass is 9.86. The predicted octanol–water partition coefficient (Wildman–Crippen LogP) is 20.2. The minimum Gasteiger partial charge on any atom is -0.465 e. The summed E-state index contributed by atoms with van der Waals surface area (Å²) in [7, 11) is 0. The summed E-state index contributed by atoms with van der Waals surface area (Å²) >= 11 is 0. The first-order chi connectivity index (χ1) is 35.3. The van der Waals surface area contributed by atoms with Crippen molar-refractivity contribution in [3.63, 3.8) is 0 Å². The minimum absolute atomic E-state index is 0.0347. The van der Waals surface area contributed by atoms with E-state index in [9.17, 15) is 0 Å². The van der Waals surface area contributed by atoms with Gasteiger partial charge in [0.05, 0.1) is 11.4 Å². The number of pyridine rings is 2. The standard InChI is InChI=1S/2C13H21N.C12H20O.C11H20N2.C11H19NO.C10H18N2O/c2*1-12(2,3)10-7-8-11(14-9-10)13(4,5)6;1-11(2,3)9-7-8-10(13-9)12(4,5)6;2*1-10(2,3)8-7-9(13-12-8)11(4,5)6;1-9(2,3)7-11-8(13-12-7)10(4,5)6/h2*7-9H,1-6H3;7-8H,1-6H3;7H,1-6H3,(H,12,13);7H,1-6H3;1-6H3. The molecule has 10 heteroatoms. The van der Waals surface area contributed by atoms with Crippen LogP contribution >= 0.6 is 0 Å². The van der Waals surface area contributed by atoms with Crippen molar-refractivity contribution >= 4 is 0 Å². The van der Waals surface area contributed by atoms with E-state index < -0.39 is 0 Å². The van der Waals surface area contributed by atoms with Gasteiger partial charge in [-0.05, 0) is 52.3 Å². The van der Waals surface area contributed by atoms with Gasteiger partial charge in [-0.3, -0.25) is 15.1 Å². The highest BCUT2D eigenvalue weighted by Crippen LogP contribution is 2.32. The minimum atomic E-state index is -0.0590. The maximum Gasteiger partial charge on any atom is 0.232 e. The van der Waals surface area contributed by atoms with Crippen molar-refractivity contribution in [2.75, 3.05) is 0 Å². The van der Waals surface area contributed by atoms with Gasteiger partial charge >= 0.3 is 0 Å². The number of H-pyrrole nitrogens is 1. The molecule has 6 aromatic rings. The number of hydrogen-bond donors (Lipinski definition) is 1. The number of nitrogens with one attached hydrogen (secondary N) is 1. The van der Waals surface area contributed by atoms with Crippen molar-refractivity contribution in [3.05, 3.63) is 130 Å². The van der Waals surface area contributed by atoms with Crippen LogP contribution in [0.15, 0.2) is 74.4 Å². The zero-order chi connectivity index (χ0) is 63.1. The topological polar surface area (TPSA) is 133 Å². The summed E-state index contributed by atoms with van der Waals surface area (Å²) in [5.41, 5.74) is 9.54. The first kappa shape index (κ1) is 73.2. The van der Waals surface area contributed by atoms with Crippen molar-refractivity contribution in [1.29, 1.82) is 0 Å². The van der Waals surface area contributed by atoms with Crippen molar-refractivity contribution < 1.29 is 13.5 Å². The Balaban J connectivity index is 0.000000480. The second-order valence-corrected chi connectivity index (χ2v) is 34.2. The highest BCUT2D eigenvalue weighted by Gasteiger charge is 2.29. The number of furan rings is 1. The van der Waals surface area contributed by atoms with Gasteiger partial charge in [0.2, 0.25) is 5.89 Å². The summed E-state index contributed by atoms with van der Waals surface area (Å²) in [6.45, 7) is 77.6. The van der Waals surface area contributed by atoms with Gasteiger partial charge in [-0.2, -0.15) is 10.1 Å². The number of aromatic nitrogens is 7. The fourth-order valence-corrected chi connectivity index (χ4v) is 6.61. The van der Waals surface area contributed by atoms with E-state index >= 15 is 0 Å². The fraction of sp³-hybridized carbons (Fsp3) is 0.686. The van der Waals surface area contributed by atoms with Crippen molar-refractivity contribution in [2.45, 2.75) is 314 Å². The Morgan fingerprint density at radius 2 is 0.688 bits per heavy atom. The molecule has 0 fully saturated rings. The summed E-state index contributed by atoms with van der Waals surface area (Å²) in [5, 5.41) is 15.5. The predicted molar refractivity (Wildman–Crippen MR) is 341 cm³/mol. The molecule has 0 atom stereocenters. The van der Waals surface area contributed by atoms with Crippen LogP contribution in [0, 0.1) is 0 Å². The van der Waals surface area contributed by atoms with E-state index in [1.54, 1.807) is 0 Å². The number of nitrogens with zero attached hydrogens (tertiary/aromatic N) is 6. The molecule has 6 heterocycles. The molecule has 6 aromatic heterocycles. The van der Waals surface area contributed by atoms with Gasteiger partial charge in [-0.1, -0.05) is 272 Å². The van der Waals surface area contributed by atoms with Gasteiger partial charge in [0, 0.05) is 89.7 Å². The summed E-state index contributed by atoms with van der Waals surface area (Å²) < 4.78 is 16.3. The molecule has 80 heavy (non-hydrogen) atoms. The van der Waals surface area contributed by atoms with Gasteiger partial charge in [-0.25, -0.2) is 0 Å². The molecule has 0 spiro atoms. The molecular formula is C70H119N7O3. The van der Waals surface area contributed by atoms with E-state index in [-0.39, 0.29) is 65.0 Å². The molecule has 0 aliphatic carbocycles. The molecule has 0 unspecified atom stereocenters. The molecule has 452 valence electrons. The maximum atomic E-state index is 5.81. The lowest BCUT2D eigenvalue weighted by Gasteiger charge is -2.22. The normalized spacial score (nSPS) is 13.2. The molecular weight excluding hydrogens is 987 g/mol. The lowest BCUT2D eigenvalue weighted by Crippen LogP contribution is -2.16. The smallest absolute Gasteiger partial charge is 0.232 e. The lowest BCUT2D eigenvalue weighted by molar-refractivity contribution is 0.314. The first-order valence-corrected chi connectivity index (χ1v) is 29.2. The molecule has 0 aliphatic heterocycles. The molecule has 0 saturated carbocycles. The molecule has 0 radical (unpaired) electrons. The molecule has 6 rings (SSSR count). The highest BCUT2D eigenvalue weighted by atomic mass is 16.5. The quantitative estimate of drug-likeness (QED) is 0.158. The number of rotatable bonds is 0. The van der Waals surface area contributed by atoms with Gasteiger partial charge < -0.3 is 13.5 Å². The van der Waals surface area contributed by atoms with Crippen LogP contribution in [0.4, 0.5) is 0 Å². The second-order valence-electron chi connectivity index (χ2n) is 34.2. The molecule has 10 nitrogen and oxygen atoms in total. The van der Waals surface area contributed by atoms with Gasteiger partial charge in [0.25, 0.3) is 0 Å². The zero-order valence-corrected chi connectivity index (χ0v) is 58.2. The van der Waals surface area contributed by atoms with Crippen LogP contribution < -0.4 is 0 Å². The van der Waals surface area contributed by atoms with Gasteiger partial charge in [0.1, 0.15) is 17.3 Å². The van der Waals surface area contributed by atoms with Crippen LogP contribution in [0.5, 0.6) is 0 Å².